The first-order valence-electron chi connectivity index (χ1n) is 13.9. The van der Waals surface area contributed by atoms with Gasteiger partial charge in [-0.2, -0.15) is 0 Å². The molecule has 4 nitrogen and oxygen atoms in total. The number of benzene rings is 6. The average Bonchev–Trinajstić information content (AvgIpc) is 3.56. The molecule has 0 unspecified atom stereocenters. The summed E-state index contributed by atoms with van der Waals surface area (Å²) in [5.74, 6) is 0.967. The number of rotatable bonds is 1. The van der Waals surface area contributed by atoms with Crippen molar-refractivity contribution in [3.8, 4) is 16.8 Å². The zero-order chi connectivity index (χ0) is 25.7. The molecule has 0 radical (unpaired) electrons. The first-order valence-corrected chi connectivity index (χ1v) is 13.9. The van der Waals surface area contributed by atoms with Crippen LogP contribution in [0.1, 0.15) is 0 Å². The van der Waals surface area contributed by atoms with E-state index in [0.717, 1.165) is 16.8 Å². The lowest BCUT2D eigenvalue weighted by molar-refractivity contribution is 1.07. The van der Waals surface area contributed by atoms with E-state index in [4.69, 9.17) is 4.98 Å². The third-order valence-electron chi connectivity index (χ3n) is 9.40. The maximum Gasteiger partial charge on any atom is 0.253 e. The Labute approximate surface area is 229 Å². The summed E-state index contributed by atoms with van der Waals surface area (Å²) in [4.78, 5) is 7.75. The summed E-state index contributed by atoms with van der Waals surface area (Å²) in [7, 11) is 0. The van der Waals surface area contributed by atoms with Crippen molar-refractivity contribution in [3.63, 3.8) is 0 Å². The molecule has 11 rings (SSSR count). The predicted octanol–water partition coefficient (Wildman–Crippen LogP) is 6.18. The normalized spacial score (nSPS) is 13.9. The van der Waals surface area contributed by atoms with Crippen LogP contribution in [-0.2, 0) is 0 Å². The van der Waals surface area contributed by atoms with Gasteiger partial charge in [0.05, 0.1) is 22.1 Å². The highest BCUT2D eigenvalue weighted by molar-refractivity contribution is 7.03. The number of fused-ring (bicyclic) bond motifs is 7. The largest absolute Gasteiger partial charge is 0.311 e. The summed E-state index contributed by atoms with van der Waals surface area (Å²) in [5, 5.41) is 2.59. The molecule has 0 saturated carbocycles. The molecule has 0 N–H and O–H groups in total. The van der Waals surface area contributed by atoms with Gasteiger partial charge in [-0.05, 0) is 87.5 Å². The van der Waals surface area contributed by atoms with E-state index >= 15 is 0 Å². The second-order valence-corrected chi connectivity index (χ2v) is 11.2. The fourth-order valence-corrected chi connectivity index (χ4v) is 8.03. The summed E-state index contributed by atoms with van der Waals surface area (Å²) < 4.78 is 4.83. The molecule has 0 bridgehead atoms. The smallest absolute Gasteiger partial charge is 0.253 e. The van der Waals surface area contributed by atoms with Crippen LogP contribution in [0.25, 0.3) is 55.4 Å². The van der Waals surface area contributed by atoms with E-state index in [1.807, 2.05) is 0 Å². The van der Waals surface area contributed by atoms with Gasteiger partial charge in [0, 0.05) is 28.1 Å². The van der Waals surface area contributed by atoms with Crippen LogP contribution in [-0.4, -0.2) is 20.7 Å². The molecule has 0 atom stereocenters. The number of para-hydroxylation sites is 3. The third kappa shape index (κ3) is 2.02. The van der Waals surface area contributed by atoms with Crippen LogP contribution < -0.4 is 21.3 Å². The van der Waals surface area contributed by atoms with E-state index in [0.29, 0.717) is 0 Å². The third-order valence-corrected chi connectivity index (χ3v) is 9.40. The van der Waals surface area contributed by atoms with Crippen molar-refractivity contribution in [2.75, 3.05) is 4.90 Å². The van der Waals surface area contributed by atoms with Gasteiger partial charge in [-0.25, -0.2) is 4.98 Å². The lowest BCUT2D eigenvalue weighted by Crippen LogP contribution is -2.58. The predicted molar refractivity (Wildman–Crippen MR) is 165 cm³/mol. The molecule has 8 aromatic rings. The fourth-order valence-electron chi connectivity index (χ4n) is 8.03. The molecule has 5 heterocycles. The Balaban J connectivity index is 1.44. The molecule has 3 aliphatic rings. The summed E-state index contributed by atoms with van der Waals surface area (Å²) >= 11 is 0. The summed E-state index contributed by atoms with van der Waals surface area (Å²) in [5.41, 5.74) is 16.5. The molecule has 6 aromatic carbocycles. The molecule has 0 spiro atoms. The highest BCUT2D eigenvalue weighted by atomic mass is 15.2. The van der Waals surface area contributed by atoms with Gasteiger partial charge >= 0.3 is 0 Å². The minimum atomic E-state index is 0.201. The van der Waals surface area contributed by atoms with Crippen molar-refractivity contribution < 1.29 is 0 Å². The summed E-state index contributed by atoms with van der Waals surface area (Å²) in [6, 6.07) is 42.1. The van der Waals surface area contributed by atoms with Crippen molar-refractivity contribution >= 4 is 78.8 Å². The Morgan fingerprint density at radius 1 is 0.575 bits per heavy atom. The average molecular weight is 506 g/mol. The van der Waals surface area contributed by atoms with Crippen LogP contribution in [0.2, 0.25) is 0 Å². The first-order chi connectivity index (χ1) is 19.9. The van der Waals surface area contributed by atoms with Crippen LogP contribution in [0.3, 0.4) is 0 Å². The number of aromatic nitrogens is 3. The molecule has 2 aromatic heterocycles. The zero-order valence-corrected chi connectivity index (χ0v) is 21.3. The molecule has 40 heavy (non-hydrogen) atoms. The van der Waals surface area contributed by atoms with Gasteiger partial charge in [-0.15, -0.1) is 0 Å². The number of hydrogen-bond acceptors (Lipinski definition) is 2. The van der Waals surface area contributed by atoms with Crippen molar-refractivity contribution in [1.29, 1.82) is 0 Å². The Morgan fingerprint density at radius 3 is 2.25 bits per heavy atom. The number of imidazole rings is 1. The number of nitrogens with zero attached hydrogens (tertiary/aromatic N) is 4. The molecule has 0 fully saturated rings. The molecule has 0 aliphatic carbocycles. The molecular weight excluding hydrogens is 487 g/mol. The van der Waals surface area contributed by atoms with Gasteiger partial charge in [-0.1, -0.05) is 60.7 Å². The van der Waals surface area contributed by atoms with Crippen LogP contribution >= 0.6 is 0 Å². The van der Waals surface area contributed by atoms with E-state index in [9.17, 15) is 0 Å². The van der Waals surface area contributed by atoms with Gasteiger partial charge < -0.3 is 4.90 Å². The van der Waals surface area contributed by atoms with Gasteiger partial charge in [0.1, 0.15) is 0 Å². The SMILES string of the molecule is c1ccc(N2c3cccc4c3B3c5c2cccc5-n2c5c3c-4cc3cccc(c35)n3c4ccccc4nc23)cc1. The van der Waals surface area contributed by atoms with Gasteiger partial charge in [0.25, 0.3) is 6.71 Å². The van der Waals surface area contributed by atoms with E-state index in [1.165, 1.54) is 72.1 Å². The summed E-state index contributed by atoms with van der Waals surface area (Å²) in [6.45, 7) is 0.201. The van der Waals surface area contributed by atoms with E-state index in [-0.39, 0.29) is 6.71 Å². The zero-order valence-electron chi connectivity index (χ0n) is 21.3. The Morgan fingerprint density at radius 2 is 1.32 bits per heavy atom. The highest BCUT2D eigenvalue weighted by Gasteiger charge is 2.48. The Bertz CT molecular complexity index is 2450. The number of anilines is 3. The van der Waals surface area contributed by atoms with Crippen LogP contribution in [0.15, 0.2) is 115 Å². The van der Waals surface area contributed by atoms with Crippen molar-refractivity contribution in [2.24, 2.45) is 0 Å². The highest BCUT2D eigenvalue weighted by Crippen LogP contribution is 2.46. The molecule has 3 aliphatic heterocycles. The van der Waals surface area contributed by atoms with E-state index in [2.05, 4.69) is 129 Å². The number of hydrogen-bond donors (Lipinski definition) is 0. The van der Waals surface area contributed by atoms with Crippen molar-refractivity contribution in [2.45, 2.75) is 0 Å². The van der Waals surface area contributed by atoms with E-state index < -0.39 is 0 Å². The summed E-state index contributed by atoms with van der Waals surface area (Å²) in [6.07, 6.45) is 0. The second-order valence-electron chi connectivity index (χ2n) is 11.2. The maximum atomic E-state index is 5.29. The minimum absolute atomic E-state index is 0.201. The Kier molecular flexibility index (Phi) is 3.19. The lowest BCUT2D eigenvalue weighted by Gasteiger charge is -2.39. The van der Waals surface area contributed by atoms with Gasteiger partial charge in [0.2, 0.25) is 5.78 Å². The lowest BCUT2D eigenvalue weighted by atomic mass is 9.35. The topological polar surface area (TPSA) is 25.5 Å². The fraction of sp³-hybridized carbons (Fsp3) is 0. The molecule has 0 saturated heterocycles. The minimum Gasteiger partial charge on any atom is -0.311 e. The molecule has 0 amide bonds. The molecular formula is C35H19BN4. The molecule has 182 valence electrons. The monoisotopic (exact) mass is 506 g/mol. The second kappa shape index (κ2) is 6.46. The van der Waals surface area contributed by atoms with Crippen molar-refractivity contribution in [1.82, 2.24) is 14.0 Å². The molecule has 5 heteroatoms. The van der Waals surface area contributed by atoms with E-state index in [1.54, 1.807) is 0 Å². The Hall–Kier alpha value is -5.29. The first kappa shape index (κ1) is 19.7. The van der Waals surface area contributed by atoms with Gasteiger partial charge in [-0.3, -0.25) is 8.97 Å². The maximum absolute atomic E-state index is 5.29. The quantitative estimate of drug-likeness (QED) is 0.249. The van der Waals surface area contributed by atoms with Crippen LogP contribution in [0.4, 0.5) is 17.1 Å². The van der Waals surface area contributed by atoms with Crippen molar-refractivity contribution in [3.05, 3.63) is 115 Å². The van der Waals surface area contributed by atoms with Crippen LogP contribution in [0, 0.1) is 0 Å². The standard InChI is InChI=1S/C35H19BN4/c1-2-10-21(11-3-1)38-27-16-7-12-22-23-19-20-9-6-15-26-30(20)34-32(23)36(31(22)27)33-28(38)17-8-18-29(33)40(34)35-37-24-13-4-5-14-25(24)39(26)35/h1-19H. The van der Waals surface area contributed by atoms with Crippen LogP contribution in [0.5, 0.6) is 0 Å². The van der Waals surface area contributed by atoms with Gasteiger partial charge in [0.15, 0.2) is 0 Å².